The summed E-state index contributed by atoms with van der Waals surface area (Å²) in [6, 6.07) is 73.3. The van der Waals surface area contributed by atoms with Crippen molar-refractivity contribution < 1.29 is 0 Å². The molecule has 0 heteroatoms. The molecule has 10 aromatic carbocycles. The van der Waals surface area contributed by atoms with Gasteiger partial charge in [-0.3, -0.25) is 0 Å². The summed E-state index contributed by atoms with van der Waals surface area (Å²) < 4.78 is 0. The van der Waals surface area contributed by atoms with Crippen LogP contribution in [-0.2, 0) is 5.41 Å². The average Bonchev–Trinajstić information content (AvgIpc) is 3.85. The first-order valence-electron chi connectivity index (χ1n) is 19.3. The summed E-state index contributed by atoms with van der Waals surface area (Å²) in [5, 5.41) is 7.78. The lowest BCUT2D eigenvalue weighted by Gasteiger charge is -2.31. The molecule has 0 nitrogen and oxygen atoms in total. The van der Waals surface area contributed by atoms with Crippen LogP contribution in [0.15, 0.2) is 194 Å². The minimum absolute atomic E-state index is 0.433. The van der Waals surface area contributed by atoms with Crippen molar-refractivity contribution in [1.82, 2.24) is 0 Å². The standard InChI is InChI=1S/C55H32/c1-2-11-34-28-35(21-20-33(34)10-1)36-22-23-38-30-39(25-24-37(38)29-36)40-26-27-44-43-14-5-7-18-49(43)55(51(44)31-40)50-19-8-6-15-46(50)54-47-17-9-16-45-41-12-3-4-13-42(41)48(53(45)47)32-52(54)55/h1-32H. The van der Waals surface area contributed by atoms with E-state index in [1.165, 1.54) is 121 Å². The van der Waals surface area contributed by atoms with E-state index in [1.54, 1.807) is 0 Å². The van der Waals surface area contributed by atoms with Gasteiger partial charge in [0.25, 0.3) is 0 Å². The van der Waals surface area contributed by atoms with E-state index in [4.69, 9.17) is 0 Å². The number of benzene rings is 10. The van der Waals surface area contributed by atoms with Crippen LogP contribution < -0.4 is 0 Å². The second-order valence-corrected chi connectivity index (χ2v) is 15.6. The van der Waals surface area contributed by atoms with Gasteiger partial charge in [-0.15, -0.1) is 0 Å². The minimum Gasteiger partial charge on any atom is -0.0619 e. The van der Waals surface area contributed by atoms with E-state index in [1.807, 2.05) is 0 Å². The maximum absolute atomic E-state index is 2.56. The molecule has 1 unspecified atom stereocenters. The number of rotatable bonds is 2. The number of fused-ring (bicyclic) bond motifs is 16. The fourth-order valence-electron chi connectivity index (χ4n) is 10.6. The predicted molar refractivity (Wildman–Crippen MR) is 231 cm³/mol. The van der Waals surface area contributed by atoms with Crippen molar-refractivity contribution in [3.05, 3.63) is 216 Å². The summed E-state index contributed by atoms with van der Waals surface area (Å²) in [6.45, 7) is 0. The molecule has 0 N–H and O–H groups in total. The van der Waals surface area contributed by atoms with Crippen molar-refractivity contribution in [1.29, 1.82) is 0 Å². The largest absolute Gasteiger partial charge is 0.0726 e. The Balaban J connectivity index is 1.02. The van der Waals surface area contributed by atoms with Gasteiger partial charge in [0.15, 0.2) is 0 Å². The molecule has 0 aromatic heterocycles. The highest BCUT2D eigenvalue weighted by atomic mass is 14.5. The summed E-state index contributed by atoms with van der Waals surface area (Å²) in [6.07, 6.45) is 0. The second kappa shape index (κ2) is 10.6. The molecule has 0 saturated heterocycles. The summed E-state index contributed by atoms with van der Waals surface area (Å²) in [4.78, 5) is 0. The van der Waals surface area contributed by atoms with Gasteiger partial charge in [-0.05, 0) is 152 Å². The smallest absolute Gasteiger partial charge is 0.0619 e. The van der Waals surface area contributed by atoms with Crippen LogP contribution in [0.5, 0.6) is 0 Å². The van der Waals surface area contributed by atoms with E-state index in [-0.39, 0.29) is 0 Å². The Bertz CT molecular complexity index is 3320. The maximum atomic E-state index is 2.56. The van der Waals surface area contributed by atoms with Crippen molar-refractivity contribution in [3.63, 3.8) is 0 Å². The van der Waals surface area contributed by atoms with Crippen molar-refractivity contribution in [2.75, 3.05) is 0 Å². The zero-order valence-electron chi connectivity index (χ0n) is 30.0. The Hall–Kier alpha value is -7.02. The van der Waals surface area contributed by atoms with E-state index in [0.29, 0.717) is 0 Å². The van der Waals surface area contributed by atoms with Crippen LogP contribution in [-0.4, -0.2) is 0 Å². The zero-order chi connectivity index (χ0) is 35.8. The fraction of sp³-hybridized carbons (Fsp3) is 0.0182. The molecule has 3 aliphatic rings. The second-order valence-electron chi connectivity index (χ2n) is 15.6. The van der Waals surface area contributed by atoms with Crippen molar-refractivity contribution in [2.24, 2.45) is 0 Å². The molecule has 0 fully saturated rings. The van der Waals surface area contributed by atoms with Gasteiger partial charge in [0.05, 0.1) is 5.41 Å². The normalized spacial score (nSPS) is 15.3. The summed E-state index contributed by atoms with van der Waals surface area (Å²) in [5.41, 5.74) is 20.8. The van der Waals surface area contributed by atoms with Gasteiger partial charge in [-0.25, -0.2) is 0 Å². The first-order valence-corrected chi connectivity index (χ1v) is 19.3. The molecule has 55 heavy (non-hydrogen) atoms. The molecule has 0 bridgehead atoms. The molecule has 0 radical (unpaired) electrons. The molecule has 252 valence electrons. The highest BCUT2D eigenvalue weighted by Gasteiger charge is 2.52. The summed E-state index contributed by atoms with van der Waals surface area (Å²) in [5.74, 6) is 0. The van der Waals surface area contributed by atoms with Gasteiger partial charge in [0.2, 0.25) is 0 Å². The average molecular weight is 693 g/mol. The van der Waals surface area contributed by atoms with Gasteiger partial charge in [-0.1, -0.05) is 164 Å². The SMILES string of the molecule is c1ccc2c(c1)-c1cccc3c4c(cc-2c13)C1(c2ccccc2-c2ccc(-c3ccc5cc(-c6ccc7ccccc7c6)ccc5c3)cc21)c1ccccc1-4. The van der Waals surface area contributed by atoms with Crippen molar-refractivity contribution in [3.8, 4) is 66.8 Å². The number of hydrogen-bond acceptors (Lipinski definition) is 0. The van der Waals surface area contributed by atoms with Crippen LogP contribution in [0.4, 0.5) is 0 Å². The zero-order valence-corrected chi connectivity index (χ0v) is 30.0. The monoisotopic (exact) mass is 692 g/mol. The van der Waals surface area contributed by atoms with Crippen LogP contribution in [0, 0.1) is 0 Å². The van der Waals surface area contributed by atoms with Gasteiger partial charge in [-0.2, -0.15) is 0 Å². The molecular formula is C55H32. The van der Waals surface area contributed by atoms with Crippen LogP contribution in [0.1, 0.15) is 22.3 Å². The molecule has 0 heterocycles. The molecular weight excluding hydrogens is 661 g/mol. The quantitative estimate of drug-likeness (QED) is 0.169. The van der Waals surface area contributed by atoms with Crippen LogP contribution in [0.25, 0.3) is 99.1 Å². The molecule has 3 aliphatic carbocycles. The predicted octanol–water partition coefficient (Wildman–Crippen LogP) is 14.5. The Labute approximate surface area is 319 Å². The third-order valence-electron chi connectivity index (χ3n) is 13.0. The first kappa shape index (κ1) is 29.4. The Morgan fingerprint density at radius 1 is 0.255 bits per heavy atom. The van der Waals surface area contributed by atoms with Crippen LogP contribution in [0.3, 0.4) is 0 Å². The molecule has 0 amide bonds. The highest BCUT2D eigenvalue weighted by Crippen LogP contribution is 2.66. The maximum Gasteiger partial charge on any atom is 0.0726 e. The Morgan fingerprint density at radius 2 is 0.745 bits per heavy atom. The van der Waals surface area contributed by atoms with E-state index in [2.05, 4.69) is 194 Å². The molecule has 0 aliphatic heterocycles. The molecule has 0 saturated carbocycles. The lowest BCUT2D eigenvalue weighted by atomic mass is 9.69. The van der Waals surface area contributed by atoms with Crippen molar-refractivity contribution in [2.45, 2.75) is 5.41 Å². The van der Waals surface area contributed by atoms with Crippen LogP contribution >= 0.6 is 0 Å². The fourth-order valence-corrected chi connectivity index (χ4v) is 10.6. The van der Waals surface area contributed by atoms with Gasteiger partial charge < -0.3 is 0 Å². The highest BCUT2D eigenvalue weighted by molar-refractivity contribution is 6.21. The summed E-state index contributed by atoms with van der Waals surface area (Å²) >= 11 is 0. The van der Waals surface area contributed by atoms with Gasteiger partial charge in [0, 0.05) is 0 Å². The molecule has 1 atom stereocenters. The van der Waals surface area contributed by atoms with Gasteiger partial charge >= 0.3 is 0 Å². The van der Waals surface area contributed by atoms with E-state index in [9.17, 15) is 0 Å². The lowest BCUT2D eigenvalue weighted by molar-refractivity contribution is 0.795. The molecule has 13 rings (SSSR count). The van der Waals surface area contributed by atoms with E-state index in [0.717, 1.165) is 0 Å². The Morgan fingerprint density at radius 3 is 1.47 bits per heavy atom. The first-order chi connectivity index (χ1) is 27.3. The van der Waals surface area contributed by atoms with E-state index < -0.39 is 5.41 Å². The molecule has 10 aromatic rings. The lowest BCUT2D eigenvalue weighted by Crippen LogP contribution is -2.26. The molecule has 1 spiro atoms. The Kier molecular flexibility index (Phi) is 5.65. The van der Waals surface area contributed by atoms with E-state index >= 15 is 0 Å². The number of hydrogen-bond donors (Lipinski definition) is 0. The van der Waals surface area contributed by atoms with Crippen LogP contribution in [0.2, 0.25) is 0 Å². The van der Waals surface area contributed by atoms with Gasteiger partial charge in [0.1, 0.15) is 0 Å². The minimum atomic E-state index is -0.433. The van der Waals surface area contributed by atoms with Crippen molar-refractivity contribution >= 4 is 32.3 Å². The topological polar surface area (TPSA) is 0 Å². The summed E-state index contributed by atoms with van der Waals surface area (Å²) in [7, 11) is 0. The third kappa shape index (κ3) is 3.76. The third-order valence-corrected chi connectivity index (χ3v) is 13.0.